The van der Waals surface area contributed by atoms with Gasteiger partial charge in [0.2, 0.25) is 0 Å². The molecule has 2 N–H and O–H groups in total. The van der Waals surface area contributed by atoms with E-state index in [0.29, 0.717) is 17.5 Å². The monoisotopic (exact) mass is 256 g/mol. The van der Waals surface area contributed by atoms with Crippen LogP contribution in [-0.4, -0.2) is 36.5 Å². The third-order valence-electron chi connectivity index (χ3n) is 3.19. The maximum absolute atomic E-state index is 9.39. The molecule has 2 unspecified atom stereocenters. The lowest BCUT2D eigenvalue weighted by Gasteiger charge is -2.21. The zero-order chi connectivity index (χ0) is 12.1. The number of rotatable bonds is 5. The fraction of sp³-hybridized carbons (Fsp3) is 0.583. The number of hydrogen-bond donors (Lipinski definition) is 2. The molecule has 2 atom stereocenters. The summed E-state index contributed by atoms with van der Waals surface area (Å²) >= 11 is 6.00. The van der Waals surface area contributed by atoms with Crippen molar-refractivity contribution < 1.29 is 9.84 Å². The van der Waals surface area contributed by atoms with Crippen LogP contribution in [0.4, 0.5) is 5.69 Å². The Bertz CT molecular complexity index is 356. The minimum Gasteiger partial charge on any atom is -0.396 e. The molecular weight excluding hydrogens is 240 g/mol. The average Bonchev–Trinajstić information content (AvgIpc) is 2.86. The third kappa shape index (κ3) is 3.31. The molecular formula is C12H17ClN2O2. The zero-order valence-electron chi connectivity index (χ0n) is 9.60. The number of anilines is 1. The predicted molar refractivity (Wildman–Crippen MR) is 67.2 cm³/mol. The number of aliphatic hydroxyl groups excluding tert-OH is 1. The number of nitrogens with zero attached hydrogens (tertiary/aromatic N) is 1. The molecule has 1 aliphatic rings. The van der Waals surface area contributed by atoms with Gasteiger partial charge in [-0.1, -0.05) is 11.6 Å². The van der Waals surface area contributed by atoms with E-state index >= 15 is 0 Å². The largest absolute Gasteiger partial charge is 0.396 e. The highest BCUT2D eigenvalue weighted by molar-refractivity contribution is 6.33. The highest BCUT2D eigenvalue weighted by atomic mass is 35.5. The Hall–Kier alpha value is -0.840. The molecule has 0 aliphatic carbocycles. The molecule has 1 aromatic heterocycles. The summed E-state index contributed by atoms with van der Waals surface area (Å²) in [5.74, 6) is 0.648. The summed E-state index contributed by atoms with van der Waals surface area (Å²) in [6, 6.07) is 1.84. The highest BCUT2D eigenvalue weighted by Crippen LogP contribution is 2.24. The highest BCUT2D eigenvalue weighted by Gasteiger charge is 2.25. The standard InChI is InChI=1S/C12H17ClN2O2/c13-11-6-14-3-1-12(11)15-5-10(7-16)9-2-4-17-8-9/h1,3,6,9-10,16H,2,4-5,7-8H2,(H,14,15). The topological polar surface area (TPSA) is 54.4 Å². The van der Waals surface area contributed by atoms with Gasteiger partial charge in [0, 0.05) is 44.7 Å². The van der Waals surface area contributed by atoms with E-state index in [2.05, 4.69) is 10.3 Å². The molecule has 2 heterocycles. The summed E-state index contributed by atoms with van der Waals surface area (Å²) in [5.41, 5.74) is 0.860. The second-order valence-electron chi connectivity index (χ2n) is 4.30. The van der Waals surface area contributed by atoms with E-state index in [-0.39, 0.29) is 12.5 Å². The van der Waals surface area contributed by atoms with Crippen molar-refractivity contribution in [1.29, 1.82) is 0 Å². The molecule has 0 bridgehead atoms. The van der Waals surface area contributed by atoms with Gasteiger partial charge in [0.15, 0.2) is 0 Å². The molecule has 1 fully saturated rings. The van der Waals surface area contributed by atoms with Crippen LogP contribution in [0.3, 0.4) is 0 Å². The Morgan fingerprint density at radius 3 is 3.18 bits per heavy atom. The number of aromatic nitrogens is 1. The van der Waals surface area contributed by atoms with Crippen LogP contribution in [0.25, 0.3) is 0 Å². The molecule has 1 saturated heterocycles. The lowest BCUT2D eigenvalue weighted by Crippen LogP contribution is -2.26. The van der Waals surface area contributed by atoms with Crippen LogP contribution in [-0.2, 0) is 4.74 Å². The first-order chi connectivity index (χ1) is 8.31. The molecule has 94 valence electrons. The van der Waals surface area contributed by atoms with Gasteiger partial charge in [-0.15, -0.1) is 0 Å². The summed E-state index contributed by atoms with van der Waals surface area (Å²) < 4.78 is 5.34. The van der Waals surface area contributed by atoms with E-state index in [0.717, 1.165) is 25.3 Å². The van der Waals surface area contributed by atoms with Crippen molar-refractivity contribution in [2.75, 3.05) is 31.7 Å². The summed E-state index contributed by atoms with van der Waals surface area (Å²) in [7, 11) is 0. The number of halogens is 1. The number of nitrogens with one attached hydrogen (secondary N) is 1. The molecule has 17 heavy (non-hydrogen) atoms. The minimum atomic E-state index is 0.170. The van der Waals surface area contributed by atoms with Crippen molar-refractivity contribution in [2.24, 2.45) is 11.8 Å². The van der Waals surface area contributed by atoms with Crippen LogP contribution in [0.5, 0.6) is 0 Å². The van der Waals surface area contributed by atoms with Crippen LogP contribution in [0.1, 0.15) is 6.42 Å². The summed E-state index contributed by atoms with van der Waals surface area (Å²) in [5, 5.41) is 13.2. The molecule has 5 heteroatoms. The second kappa shape index (κ2) is 6.19. The normalized spacial score (nSPS) is 21.4. The van der Waals surface area contributed by atoms with Gasteiger partial charge in [0.1, 0.15) is 0 Å². The van der Waals surface area contributed by atoms with Gasteiger partial charge in [-0.25, -0.2) is 0 Å². The number of pyridine rings is 1. The molecule has 1 aliphatic heterocycles. The Morgan fingerprint density at radius 2 is 2.53 bits per heavy atom. The Kier molecular flexibility index (Phi) is 4.59. The minimum absolute atomic E-state index is 0.170. The number of hydrogen-bond acceptors (Lipinski definition) is 4. The molecule has 0 spiro atoms. The van der Waals surface area contributed by atoms with Gasteiger partial charge in [0.05, 0.1) is 10.7 Å². The van der Waals surface area contributed by atoms with Crippen LogP contribution in [0, 0.1) is 11.8 Å². The lowest BCUT2D eigenvalue weighted by molar-refractivity contribution is 0.145. The summed E-state index contributed by atoms with van der Waals surface area (Å²) in [6.07, 6.45) is 4.33. The molecule has 4 nitrogen and oxygen atoms in total. The number of aliphatic hydroxyl groups is 1. The van der Waals surface area contributed by atoms with E-state index in [1.807, 2.05) is 6.07 Å². The lowest BCUT2D eigenvalue weighted by atomic mass is 9.92. The Labute approximate surface area is 106 Å². The summed E-state index contributed by atoms with van der Waals surface area (Å²) in [4.78, 5) is 3.93. The molecule has 1 aromatic rings. The molecule has 0 aromatic carbocycles. The fourth-order valence-corrected chi connectivity index (χ4v) is 2.25. The molecule has 0 radical (unpaired) electrons. The Morgan fingerprint density at radius 1 is 1.65 bits per heavy atom. The molecule has 0 amide bonds. The van der Waals surface area contributed by atoms with E-state index in [1.165, 1.54) is 0 Å². The smallest absolute Gasteiger partial charge is 0.0820 e. The SMILES string of the molecule is OCC(CNc1ccncc1Cl)C1CCOC1. The molecule has 2 rings (SSSR count). The third-order valence-corrected chi connectivity index (χ3v) is 3.49. The maximum Gasteiger partial charge on any atom is 0.0820 e. The first-order valence-electron chi connectivity index (χ1n) is 5.83. The van der Waals surface area contributed by atoms with Gasteiger partial charge in [0.25, 0.3) is 0 Å². The maximum atomic E-state index is 9.39. The quantitative estimate of drug-likeness (QED) is 0.844. The number of ether oxygens (including phenoxy) is 1. The van der Waals surface area contributed by atoms with Crippen molar-refractivity contribution >= 4 is 17.3 Å². The van der Waals surface area contributed by atoms with Crippen LogP contribution < -0.4 is 5.32 Å². The van der Waals surface area contributed by atoms with E-state index in [1.54, 1.807) is 12.4 Å². The molecule has 0 saturated carbocycles. The fourth-order valence-electron chi connectivity index (χ4n) is 2.06. The van der Waals surface area contributed by atoms with E-state index in [9.17, 15) is 5.11 Å². The van der Waals surface area contributed by atoms with Crippen molar-refractivity contribution in [3.63, 3.8) is 0 Å². The second-order valence-corrected chi connectivity index (χ2v) is 4.71. The van der Waals surface area contributed by atoms with Crippen molar-refractivity contribution in [3.05, 3.63) is 23.5 Å². The van der Waals surface area contributed by atoms with Crippen molar-refractivity contribution in [2.45, 2.75) is 6.42 Å². The van der Waals surface area contributed by atoms with Crippen molar-refractivity contribution in [1.82, 2.24) is 4.98 Å². The predicted octanol–water partition coefficient (Wildman–Crippen LogP) is 1.79. The average molecular weight is 257 g/mol. The van der Waals surface area contributed by atoms with Gasteiger partial charge < -0.3 is 15.2 Å². The van der Waals surface area contributed by atoms with E-state index in [4.69, 9.17) is 16.3 Å². The van der Waals surface area contributed by atoms with Crippen LogP contribution in [0.15, 0.2) is 18.5 Å². The zero-order valence-corrected chi connectivity index (χ0v) is 10.4. The Balaban J connectivity index is 1.89. The van der Waals surface area contributed by atoms with Gasteiger partial charge >= 0.3 is 0 Å². The van der Waals surface area contributed by atoms with Gasteiger partial charge in [-0.05, 0) is 18.4 Å². The van der Waals surface area contributed by atoms with Gasteiger partial charge in [-0.3, -0.25) is 4.98 Å². The first-order valence-corrected chi connectivity index (χ1v) is 6.21. The van der Waals surface area contributed by atoms with Crippen molar-refractivity contribution in [3.8, 4) is 0 Å². The van der Waals surface area contributed by atoms with Crippen LogP contribution >= 0.6 is 11.6 Å². The first kappa shape index (κ1) is 12.6. The van der Waals surface area contributed by atoms with Gasteiger partial charge in [-0.2, -0.15) is 0 Å². The van der Waals surface area contributed by atoms with Crippen LogP contribution in [0.2, 0.25) is 5.02 Å². The van der Waals surface area contributed by atoms with E-state index < -0.39 is 0 Å². The summed E-state index contributed by atoms with van der Waals surface area (Å²) in [6.45, 7) is 2.42.